The predicted molar refractivity (Wildman–Crippen MR) is 140 cm³/mol. The molecule has 0 aliphatic carbocycles. The van der Waals surface area contributed by atoms with Gasteiger partial charge in [0.15, 0.2) is 5.60 Å². The van der Waals surface area contributed by atoms with Gasteiger partial charge in [0, 0.05) is 34.6 Å². The van der Waals surface area contributed by atoms with Crippen molar-refractivity contribution in [3.05, 3.63) is 96.1 Å². The molecule has 0 radical (unpaired) electrons. The molecule has 4 aromatic carbocycles. The lowest BCUT2D eigenvalue weighted by molar-refractivity contribution is -0.131. The normalized spacial score (nSPS) is 19.9. The van der Waals surface area contributed by atoms with Crippen molar-refractivity contribution in [2.24, 2.45) is 5.14 Å². The Kier molecular flexibility index (Phi) is 5.50. The molecule has 1 saturated heterocycles. The van der Waals surface area contributed by atoms with Gasteiger partial charge in [-0.1, -0.05) is 48.5 Å². The lowest BCUT2D eigenvalue weighted by Gasteiger charge is -2.29. The SMILES string of the molecule is NSc1ccc(C2(O)C(=O)N(c3cccc4cc(N5CCOCC5)ccc34)c3ccccc32)cc1. The van der Waals surface area contributed by atoms with E-state index in [1.54, 1.807) is 17.0 Å². The van der Waals surface area contributed by atoms with Crippen LogP contribution in [0.4, 0.5) is 17.1 Å². The van der Waals surface area contributed by atoms with E-state index in [0.29, 0.717) is 16.8 Å². The Hall–Kier alpha value is -3.36. The number of nitrogens with zero attached hydrogens (tertiary/aromatic N) is 2. The van der Waals surface area contributed by atoms with Gasteiger partial charge in [-0.15, -0.1) is 0 Å². The van der Waals surface area contributed by atoms with E-state index in [4.69, 9.17) is 9.88 Å². The van der Waals surface area contributed by atoms with Crippen LogP contribution in [0.15, 0.2) is 89.8 Å². The molecule has 4 aromatic rings. The number of benzene rings is 4. The molecule has 3 N–H and O–H groups in total. The van der Waals surface area contributed by atoms with Gasteiger partial charge in [-0.25, -0.2) is 0 Å². The van der Waals surface area contributed by atoms with E-state index in [9.17, 15) is 9.90 Å². The number of carbonyl (C=O) groups is 1. The summed E-state index contributed by atoms with van der Waals surface area (Å²) in [5, 5.41) is 19.6. The first-order chi connectivity index (χ1) is 17.1. The number of anilines is 3. The summed E-state index contributed by atoms with van der Waals surface area (Å²) in [5.74, 6) is -0.392. The van der Waals surface area contributed by atoms with Gasteiger partial charge >= 0.3 is 0 Å². The number of amides is 1. The summed E-state index contributed by atoms with van der Waals surface area (Å²) in [6, 6.07) is 26.9. The number of hydrogen-bond donors (Lipinski definition) is 2. The summed E-state index contributed by atoms with van der Waals surface area (Å²) in [6.07, 6.45) is 0. The van der Waals surface area contributed by atoms with Crippen molar-refractivity contribution in [3.8, 4) is 0 Å². The fraction of sp³-hybridized carbons (Fsp3) is 0.179. The number of ether oxygens (including phenoxy) is 1. The van der Waals surface area contributed by atoms with E-state index in [1.807, 2.05) is 48.5 Å². The molecule has 1 fully saturated rings. The minimum absolute atomic E-state index is 0.392. The van der Waals surface area contributed by atoms with Gasteiger partial charge in [-0.2, -0.15) is 0 Å². The first kappa shape index (κ1) is 22.1. The Balaban J connectivity index is 1.47. The van der Waals surface area contributed by atoms with Gasteiger partial charge in [0.05, 0.1) is 24.6 Å². The Labute approximate surface area is 208 Å². The number of hydrogen-bond acceptors (Lipinski definition) is 6. The van der Waals surface area contributed by atoms with E-state index in [0.717, 1.165) is 65.3 Å². The van der Waals surface area contributed by atoms with Gasteiger partial charge < -0.3 is 14.7 Å². The topological polar surface area (TPSA) is 79.0 Å². The summed E-state index contributed by atoms with van der Waals surface area (Å²) in [7, 11) is 0. The highest BCUT2D eigenvalue weighted by molar-refractivity contribution is 7.97. The van der Waals surface area contributed by atoms with Gasteiger partial charge in [-0.05, 0) is 59.3 Å². The molecular formula is C28H25N3O3S. The van der Waals surface area contributed by atoms with Crippen LogP contribution >= 0.6 is 11.9 Å². The minimum Gasteiger partial charge on any atom is -0.378 e. The Morgan fingerprint density at radius 2 is 1.63 bits per heavy atom. The molecule has 0 bridgehead atoms. The molecule has 1 unspecified atom stereocenters. The van der Waals surface area contributed by atoms with Crippen molar-refractivity contribution >= 4 is 45.7 Å². The third-order valence-electron chi connectivity index (χ3n) is 6.91. The zero-order valence-corrected chi connectivity index (χ0v) is 19.9. The highest BCUT2D eigenvalue weighted by Gasteiger charge is 2.51. The predicted octanol–water partition coefficient (Wildman–Crippen LogP) is 4.56. The maximum atomic E-state index is 14.0. The van der Waals surface area contributed by atoms with Crippen LogP contribution in [0, 0.1) is 0 Å². The molecule has 0 spiro atoms. The second kappa shape index (κ2) is 8.70. The van der Waals surface area contributed by atoms with Crippen LogP contribution in [0.5, 0.6) is 0 Å². The first-order valence-corrected chi connectivity index (χ1v) is 12.5. The maximum absolute atomic E-state index is 14.0. The molecule has 2 aliphatic rings. The number of fused-ring (bicyclic) bond motifs is 2. The molecule has 35 heavy (non-hydrogen) atoms. The zero-order chi connectivity index (χ0) is 24.0. The molecule has 2 aliphatic heterocycles. The lowest BCUT2D eigenvalue weighted by Crippen LogP contribution is -2.39. The van der Waals surface area contributed by atoms with Crippen LogP contribution in [-0.4, -0.2) is 37.3 Å². The van der Waals surface area contributed by atoms with Gasteiger partial charge in [-0.3, -0.25) is 14.8 Å². The molecule has 7 heteroatoms. The molecule has 176 valence electrons. The Bertz CT molecular complexity index is 1420. The van der Waals surface area contributed by atoms with Crippen molar-refractivity contribution in [1.82, 2.24) is 0 Å². The molecule has 1 atom stereocenters. The lowest BCUT2D eigenvalue weighted by atomic mass is 9.87. The maximum Gasteiger partial charge on any atom is 0.273 e. The molecule has 6 nitrogen and oxygen atoms in total. The van der Waals surface area contributed by atoms with Gasteiger partial charge in [0.1, 0.15) is 0 Å². The smallest absolute Gasteiger partial charge is 0.273 e. The fourth-order valence-electron chi connectivity index (χ4n) is 5.12. The highest BCUT2D eigenvalue weighted by Crippen LogP contribution is 2.49. The monoisotopic (exact) mass is 483 g/mol. The number of carbonyl (C=O) groups excluding carboxylic acids is 1. The van der Waals surface area contributed by atoms with E-state index in [-0.39, 0.29) is 0 Å². The Morgan fingerprint density at radius 3 is 2.40 bits per heavy atom. The average molecular weight is 484 g/mol. The fourth-order valence-corrected chi connectivity index (χ4v) is 5.41. The molecule has 1 amide bonds. The second-order valence-corrected chi connectivity index (χ2v) is 9.50. The van der Waals surface area contributed by atoms with Crippen molar-refractivity contribution < 1.29 is 14.6 Å². The summed E-state index contributed by atoms with van der Waals surface area (Å²) >= 11 is 1.13. The van der Waals surface area contributed by atoms with Crippen LogP contribution in [-0.2, 0) is 15.1 Å². The van der Waals surface area contributed by atoms with E-state index in [2.05, 4.69) is 29.2 Å². The van der Waals surface area contributed by atoms with Crippen molar-refractivity contribution in [1.29, 1.82) is 0 Å². The van der Waals surface area contributed by atoms with Crippen LogP contribution in [0.1, 0.15) is 11.1 Å². The molecule has 2 heterocycles. The average Bonchev–Trinajstić information content (AvgIpc) is 3.15. The zero-order valence-electron chi connectivity index (χ0n) is 19.1. The number of para-hydroxylation sites is 1. The summed E-state index contributed by atoms with van der Waals surface area (Å²) in [5.41, 5.74) is 1.87. The van der Waals surface area contributed by atoms with Gasteiger partial charge in [0.2, 0.25) is 0 Å². The number of aliphatic hydroxyl groups is 1. The third kappa shape index (κ3) is 3.51. The number of nitrogens with two attached hydrogens (primary N) is 1. The molecular weight excluding hydrogens is 458 g/mol. The second-order valence-electron chi connectivity index (χ2n) is 8.79. The summed E-state index contributed by atoms with van der Waals surface area (Å²) in [4.78, 5) is 18.8. The van der Waals surface area contributed by atoms with Crippen LogP contribution < -0.4 is 14.9 Å². The first-order valence-electron chi connectivity index (χ1n) is 11.6. The summed E-state index contributed by atoms with van der Waals surface area (Å²) < 4.78 is 5.49. The van der Waals surface area contributed by atoms with Crippen molar-refractivity contribution in [3.63, 3.8) is 0 Å². The molecule has 0 saturated carbocycles. The molecule has 0 aromatic heterocycles. The largest absolute Gasteiger partial charge is 0.378 e. The quantitative estimate of drug-likeness (QED) is 0.415. The standard InChI is InChI=1S/C28H25N3O3S/c29-35-22-11-8-20(9-12-22)28(33)24-5-1-2-6-26(24)31(27(28)32)25-7-3-4-19-18-21(10-13-23(19)25)30-14-16-34-17-15-30/h1-13,18,33H,14-17,29H2. The van der Waals surface area contributed by atoms with Crippen LogP contribution in [0.2, 0.25) is 0 Å². The van der Waals surface area contributed by atoms with E-state index in [1.165, 1.54) is 0 Å². The van der Waals surface area contributed by atoms with Crippen LogP contribution in [0.3, 0.4) is 0 Å². The highest BCUT2D eigenvalue weighted by atomic mass is 32.2. The van der Waals surface area contributed by atoms with Crippen molar-refractivity contribution in [2.75, 3.05) is 36.1 Å². The number of rotatable bonds is 4. The Morgan fingerprint density at radius 1 is 0.886 bits per heavy atom. The van der Waals surface area contributed by atoms with E-state index >= 15 is 0 Å². The van der Waals surface area contributed by atoms with Crippen molar-refractivity contribution in [2.45, 2.75) is 10.5 Å². The minimum atomic E-state index is -1.79. The van der Waals surface area contributed by atoms with Gasteiger partial charge in [0.25, 0.3) is 5.91 Å². The van der Waals surface area contributed by atoms with Crippen LogP contribution in [0.25, 0.3) is 10.8 Å². The number of morpholine rings is 1. The molecule has 6 rings (SSSR count). The summed E-state index contributed by atoms with van der Waals surface area (Å²) in [6.45, 7) is 3.16. The van der Waals surface area contributed by atoms with E-state index < -0.39 is 11.5 Å². The third-order valence-corrected chi connectivity index (χ3v) is 7.46.